The number of phenolic OH excluding ortho intramolecular Hbond substituents is 1. The van der Waals surface area contributed by atoms with Crippen LogP contribution in [0.4, 0.5) is 0 Å². The van der Waals surface area contributed by atoms with E-state index in [-0.39, 0.29) is 11.8 Å². The van der Waals surface area contributed by atoms with Crippen molar-refractivity contribution in [2.75, 3.05) is 26.4 Å². The molecule has 5 nitrogen and oxygen atoms in total. The zero-order valence-corrected chi connectivity index (χ0v) is 16.8. The molecule has 6 heteroatoms. The Hall–Kier alpha value is -2.11. The van der Waals surface area contributed by atoms with Gasteiger partial charge in [-0.1, -0.05) is 11.6 Å². The van der Waals surface area contributed by atoms with E-state index in [1.54, 1.807) is 0 Å². The molecule has 0 saturated heterocycles. The van der Waals surface area contributed by atoms with E-state index in [0.29, 0.717) is 30.6 Å². The smallest absolute Gasteiger partial charge is 0.176 e. The van der Waals surface area contributed by atoms with Crippen molar-refractivity contribution in [3.8, 4) is 23.0 Å². The van der Waals surface area contributed by atoms with E-state index in [2.05, 4.69) is 17.4 Å². The van der Waals surface area contributed by atoms with E-state index in [1.165, 1.54) is 11.1 Å². The first kappa shape index (κ1) is 19.6. The Balaban J connectivity index is 2.07. The molecule has 0 aromatic heterocycles. The minimum Gasteiger partial charge on any atom is -0.503 e. The Morgan fingerprint density at radius 3 is 2.26 bits per heavy atom. The Morgan fingerprint density at radius 2 is 1.59 bits per heavy atom. The van der Waals surface area contributed by atoms with Crippen molar-refractivity contribution in [2.24, 2.45) is 0 Å². The predicted octanol–water partition coefficient (Wildman–Crippen LogP) is 3.45. The summed E-state index contributed by atoms with van der Waals surface area (Å²) >= 11 is 6.26. The lowest BCUT2D eigenvalue weighted by Crippen LogP contribution is -2.87. The van der Waals surface area contributed by atoms with E-state index < -0.39 is 0 Å². The van der Waals surface area contributed by atoms with Crippen molar-refractivity contribution in [1.82, 2.24) is 0 Å². The number of rotatable bonds is 7. The number of benzene rings is 2. The lowest BCUT2D eigenvalue weighted by Gasteiger charge is -2.26. The summed E-state index contributed by atoms with van der Waals surface area (Å²) in [5.74, 6) is 1.95. The summed E-state index contributed by atoms with van der Waals surface area (Å²) in [4.78, 5) is 0. The topological polar surface area (TPSA) is 64.5 Å². The lowest BCUT2D eigenvalue weighted by molar-refractivity contribution is -0.690. The van der Waals surface area contributed by atoms with Gasteiger partial charge in [0.1, 0.15) is 6.04 Å². The van der Waals surface area contributed by atoms with Gasteiger partial charge in [-0.25, -0.2) is 0 Å². The summed E-state index contributed by atoms with van der Waals surface area (Å²) in [5.41, 5.74) is 3.42. The molecule has 2 aromatic rings. The average Bonchev–Trinajstić information content (AvgIpc) is 2.66. The first-order valence-corrected chi connectivity index (χ1v) is 9.87. The van der Waals surface area contributed by atoms with Crippen molar-refractivity contribution in [2.45, 2.75) is 33.2 Å². The molecular weight excluding hydrogens is 366 g/mol. The van der Waals surface area contributed by atoms with Gasteiger partial charge in [-0.3, -0.25) is 0 Å². The zero-order valence-electron chi connectivity index (χ0n) is 16.0. The number of fused-ring (bicyclic) bond motifs is 1. The molecule has 0 aliphatic carbocycles. The van der Waals surface area contributed by atoms with Gasteiger partial charge in [0.05, 0.1) is 31.4 Å². The molecule has 0 bridgehead atoms. The highest BCUT2D eigenvalue weighted by atomic mass is 35.5. The highest BCUT2D eigenvalue weighted by Crippen LogP contribution is 2.40. The SMILES string of the molecule is CCOc1cc2c(cc1OCC)[C@H](c1cc(Cl)c(O)c(OCC)c1)[NH2+]CC2. The van der Waals surface area contributed by atoms with Gasteiger partial charge in [0.2, 0.25) is 0 Å². The zero-order chi connectivity index (χ0) is 19.4. The van der Waals surface area contributed by atoms with Crippen molar-refractivity contribution in [3.05, 3.63) is 46.0 Å². The van der Waals surface area contributed by atoms with Gasteiger partial charge in [-0.15, -0.1) is 0 Å². The standard InChI is InChI=1S/C21H26ClNO4/c1-4-25-17-10-13-7-8-23-20(15(13)12-18(17)26-5-2)14-9-16(22)21(24)19(11-14)27-6-3/h9-12,20,23-24H,4-8H2,1-3H3/p+1/t20-/m0/s1. The monoisotopic (exact) mass is 392 g/mol. The molecule has 146 valence electrons. The maximum absolute atomic E-state index is 10.2. The van der Waals surface area contributed by atoms with Crippen LogP contribution in [0.15, 0.2) is 24.3 Å². The number of hydrogen-bond acceptors (Lipinski definition) is 4. The lowest BCUT2D eigenvalue weighted by atomic mass is 9.89. The first-order chi connectivity index (χ1) is 13.1. The Bertz CT molecular complexity index is 809. The molecule has 3 rings (SSSR count). The third-order valence-electron chi connectivity index (χ3n) is 4.67. The van der Waals surface area contributed by atoms with E-state index in [0.717, 1.165) is 30.0 Å². The molecule has 3 N–H and O–H groups in total. The normalized spacial score (nSPS) is 15.9. The van der Waals surface area contributed by atoms with E-state index in [9.17, 15) is 5.11 Å². The molecule has 1 heterocycles. The van der Waals surface area contributed by atoms with E-state index in [4.69, 9.17) is 25.8 Å². The van der Waals surface area contributed by atoms with Gasteiger partial charge in [0.25, 0.3) is 0 Å². The number of aromatic hydroxyl groups is 1. The summed E-state index contributed by atoms with van der Waals surface area (Å²) < 4.78 is 17.1. The maximum Gasteiger partial charge on any atom is 0.176 e. The predicted molar refractivity (Wildman–Crippen MR) is 105 cm³/mol. The van der Waals surface area contributed by atoms with Gasteiger partial charge >= 0.3 is 0 Å². The van der Waals surface area contributed by atoms with Crippen LogP contribution in [0.1, 0.15) is 43.5 Å². The van der Waals surface area contributed by atoms with Crippen molar-refractivity contribution >= 4 is 11.6 Å². The van der Waals surface area contributed by atoms with Gasteiger partial charge in [0.15, 0.2) is 23.0 Å². The third-order valence-corrected chi connectivity index (χ3v) is 4.95. The first-order valence-electron chi connectivity index (χ1n) is 9.49. The summed E-state index contributed by atoms with van der Waals surface area (Å²) in [7, 11) is 0. The number of hydrogen-bond donors (Lipinski definition) is 2. The van der Waals surface area contributed by atoms with Crippen LogP contribution < -0.4 is 19.5 Å². The minimum atomic E-state index is -0.0139. The fourth-order valence-electron chi connectivity index (χ4n) is 3.55. The van der Waals surface area contributed by atoms with E-state index >= 15 is 0 Å². The Kier molecular flexibility index (Phi) is 6.34. The van der Waals surface area contributed by atoms with Crippen molar-refractivity contribution in [3.63, 3.8) is 0 Å². The summed E-state index contributed by atoms with van der Waals surface area (Å²) in [6.07, 6.45) is 0.961. The summed E-state index contributed by atoms with van der Waals surface area (Å²) in [6.45, 7) is 8.41. The van der Waals surface area contributed by atoms with Crippen LogP contribution in [0.5, 0.6) is 23.0 Å². The molecule has 2 aromatic carbocycles. The molecule has 1 atom stereocenters. The van der Waals surface area contributed by atoms with Crippen LogP contribution in [-0.2, 0) is 6.42 Å². The average molecular weight is 393 g/mol. The molecule has 0 unspecified atom stereocenters. The molecule has 1 aliphatic rings. The van der Waals surface area contributed by atoms with Crippen molar-refractivity contribution in [1.29, 1.82) is 0 Å². The van der Waals surface area contributed by atoms with Crippen LogP contribution in [0.25, 0.3) is 0 Å². The van der Waals surface area contributed by atoms with Gasteiger partial charge in [-0.05, 0) is 50.6 Å². The van der Waals surface area contributed by atoms with Crippen LogP contribution in [0, 0.1) is 0 Å². The Morgan fingerprint density at radius 1 is 0.963 bits per heavy atom. The van der Waals surface area contributed by atoms with Crippen LogP contribution in [0.2, 0.25) is 5.02 Å². The number of phenols is 1. The number of quaternary nitrogens is 1. The molecule has 1 aliphatic heterocycles. The highest BCUT2D eigenvalue weighted by Gasteiger charge is 2.29. The second kappa shape index (κ2) is 8.72. The fourth-order valence-corrected chi connectivity index (χ4v) is 3.77. The van der Waals surface area contributed by atoms with Crippen LogP contribution in [0.3, 0.4) is 0 Å². The van der Waals surface area contributed by atoms with Gasteiger partial charge in [-0.2, -0.15) is 0 Å². The fraction of sp³-hybridized carbons (Fsp3) is 0.429. The minimum absolute atomic E-state index is 0.0139. The summed E-state index contributed by atoms with van der Waals surface area (Å²) in [5, 5.41) is 12.7. The second-order valence-corrected chi connectivity index (χ2v) is 6.81. The molecule has 0 spiro atoms. The number of nitrogens with two attached hydrogens (primary N) is 1. The molecule has 0 amide bonds. The second-order valence-electron chi connectivity index (χ2n) is 6.40. The summed E-state index contributed by atoms with van der Waals surface area (Å²) in [6, 6.07) is 7.91. The highest BCUT2D eigenvalue weighted by molar-refractivity contribution is 6.32. The molecule has 0 radical (unpaired) electrons. The molecule has 0 fully saturated rings. The largest absolute Gasteiger partial charge is 0.503 e. The van der Waals surface area contributed by atoms with Crippen LogP contribution in [-0.4, -0.2) is 31.5 Å². The van der Waals surface area contributed by atoms with Crippen molar-refractivity contribution < 1.29 is 24.6 Å². The quantitative estimate of drug-likeness (QED) is 0.757. The number of ether oxygens (including phenoxy) is 3. The maximum atomic E-state index is 10.2. The van der Waals surface area contributed by atoms with Gasteiger partial charge in [0, 0.05) is 17.5 Å². The van der Waals surface area contributed by atoms with E-state index in [1.807, 2.05) is 32.9 Å². The van der Waals surface area contributed by atoms with Gasteiger partial charge < -0.3 is 24.6 Å². The molecule has 0 saturated carbocycles. The number of halogens is 1. The Labute approximate surface area is 165 Å². The third kappa shape index (κ3) is 4.09. The van der Waals surface area contributed by atoms with Crippen LogP contribution >= 0.6 is 11.6 Å². The molecular formula is C21H27ClNO4+. The molecule has 27 heavy (non-hydrogen) atoms.